The van der Waals surface area contributed by atoms with Crippen LogP contribution in [-0.4, -0.2) is 17.1 Å². The van der Waals surface area contributed by atoms with Gasteiger partial charge in [-0.05, 0) is 59.9 Å². The molecule has 1 amide bonds. The van der Waals surface area contributed by atoms with Crippen LogP contribution in [0.5, 0.6) is 5.75 Å². The van der Waals surface area contributed by atoms with Gasteiger partial charge in [0.2, 0.25) is 0 Å². The van der Waals surface area contributed by atoms with E-state index in [2.05, 4.69) is 19.2 Å². The molecule has 156 valence electrons. The standard InChI is InChI=1S/C24H25ClN2O3/c1-16(2)20-13-21(25)17(3)12-22(20)30-15-23(28)26-19-9-7-18(8-10-19)14-27-11-5-4-6-24(27)29/h4-13,16H,14-15H2,1-3H3,(H,26,28). The predicted octanol–water partition coefficient (Wildman–Crippen LogP) is 5.00. The number of nitrogens with one attached hydrogen (secondary N) is 1. The third-order valence-corrected chi connectivity index (χ3v) is 5.17. The van der Waals surface area contributed by atoms with Crippen LogP contribution in [0.1, 0.15) is 36.5 Å². The van der Waals surface area contributed by atoms with Crippen molar-refractivity contribution in [2.75, 3.05) is 11.9 Å². The van der Waals surface area contributed by atoms with Crippen LogP contribution in [0, 0.1) is 6.92 Å². The molecule has 6 heteroatoms. The van der Waals surface area contributed by atoms with Crippen molar-refractivity contribution in [3.8, 4) is 5.75 Å². The molecule has 0 fully saturated rings. The highest BCUT2D eigenvalue weighted by molar-refractivity contribution is 6.31. The zero-order chi connectivity index (χ0) is 21.7. The monoisotopic (exact) mass is 424 g/mol. The first-order valence-corrected chi connectivity index (χ1v) is 10.2. The molecule has 0 aliphatic rings. The van der Waals surface area contributed by atoms with E-state index in [-0.39, 0.29) is 24.0 Å². The lowest BCUT2D eigenvalue weighted by Gasteiger charge is -2.16. The summed E-state index contributed by atoms with van der Waals surface area (Å²) in [6, 6.07) is 16.2. The predicted molar refractivity (Wildman–Crippen MR) is 121 cm³/mol. The minimum atomic E-state index is -0.246. The molecule has 0 saturated carbocycles. The van der Waals surface area contributed by atoms with E-state index in [1.165, 1.54) is 6.07 Å². The summed E-state index contributed by atoms with van der Waals surface area (Å²) in [5.74, 6) is 0.654. The number of hydrogen-bond donors (Lipinski definition) is 1. The average molecular weight is 425 g/mol. The van der Waals surface area contributed by atoms with Crippen LogP contribution in [0.25, 0.3) is 0 Å². The minimum Gasteiger partial charge on any atom is -0.483 e. The second-order valence-corrected chi connectivity index (χ2v) is 7.90. The second kappa shape index (κ2) is 9.63. The molecule has 0 bridgehead atoms. The van der Waals surface area contributed by atoms with Crippen molar-refractivity contribution in [1.29, 1.82) is 0 Å². The lowest BCUT2D eigenvalue weighted by molar-refractivity contribution is -0.118. The van der Waals surface area contributed by atoms with E-state index in [0.717, 1.165) is 16.7 Å². The Morgan fingerprint density at radius 1 is 1.13 bits per heavy atom. The highest BCUT2D eigenvalue weighted by Crippen LogP contribution is 2.32. The van der Waals surface area contributed by atoms with Crippen molar-refractivity contribution in [2.45, 2.75) is 33.2 Å². The molecule has 0 unspecified atom stereocenters. The minimum absolute atomic E-state index is 0.0507. The third-order valence-electron chi connectivity index (χ3n) is 4.76. The number of rotatable bonds is 7. The first-order chi connectivity index (χ1) is 14.3. The molecule has 0 aliphatic heterocycles. The number of hydrogen-bond acceptors (Lipinski definition) is 3. The highest BCUT2D eigenvalue weighted by atomic mass is 35.5. The molecular formula is C24H25ClN2O3. The number of anilines is 1. The van der Waals surface area contributed by atoms with E-state index >= 15 is 0 Å². The summed E-state index contributed by atoms with van der Waals surface area (Å²) >= 11 is 6.22. The van der Waals surface area contributed by atoms with Gasteiger partial charge in [0.1, 0.15) is 5.75 Å². The first-order valence-electron chi connectivity index (χ1n) is 9.80. The van der Waals surface area contributed by atoms with Gasteiger partial charge in [0.15, 0.2) is 6.61 Å². The van der Waals surface area contributed by atoms with Crippen LogP contribution in [0.3, 0.4) is 0 Å². The van der Waals surface area contributed by atoms with Gasteiger partial charge in [-0.2, -0.15) is 0 Å². The van der Waals surface area contributed by atoms with Crippen molar-refractivity contribution < 1.29 is 9.53 Å². The number of amides is 1. The topological polar surface area (TPSA) is 60.3 Å². The largest absolute Gasteiger partial charge is 0.483 e. The fourth-order valence-electron chi connectivity index (χ4n) is 3.07. The second-order valence-electron chi connectivity index (χ2n) is 7.49. The Bertz CT molecular complexity index is 1090. The number of halogens is 1. The van der Waals surface area contributed by atoms with Gasteiger partial charge in [-0.3, -0.25) is 9.59 Å². The average Bonchev–Trinajstić information content (AvgIpc) is 2.71. The Balaban J connectivity index is 1.60. The number of aryl methyl sites for hydroxylation is 1. The van der Waals surface area contributed by atoms with Crippen LogP contribution < -0.4 is 15.6 Å². The highest BCUT2D eigenvalue weighted by Gasteiger charge is 2.13. The molecule has 3 rings (SSSR count). The van der Waals surface area contributed by atoms with Crippen LogP contribution in [0.15, 0.2) is 65.6 Å². The molecular weight excluding hydrogens is 400 g/mol. The van der Waals surface area contributed by atoms with E-state index in [0.29, 0.717) is 23.0 Å². The van der Waals surface area contributed by atoms with Crippen LogP contribution >= 0.6 is 11.6 Å². The van der Waals surface area contributed by atoms with Crippen molar-refractivity contribution in [3.05, 3.63) is 92.9 Å². The van der Waals surface area contributed by atoms with Gasteiger partial charge >= 0.3 is 0 Å². The summed E-state index contributed by atoms with van der Waals surface area (Å²) in [4.78, 5) is 24.1. The maximum atomic E-state index is 12.3. The fourth-order valence-corrected chi connectivity index (χ4v) is 3.24. The molecule has 1 aromatic heterocycles. The summed E-state index contributed by atoms with van der Waals surface area (Å²) in [6.07, 6.45) is 1.75. The number of carbonyl (C=O) groups is 1. The van der Waals surface area contributed by atoms with Crippen LogP contribution in [-0.2, 0) is 11.3 Å². The summed E-state index contributed by atoms with van der Waals surface area (Å²) in [5.41, 5.74) is 3.47. The summed E-state index contributed by atoms with van der Waals surface area (Å²) < 4.78 is 7.40. The maximum absolute atomic E-state index is 12.3. The van der Waals surface area contributed by atoms with Crippen molar-refractivity contribution in [2.24, 2.45) is 0 Å². The van der Waals surface area contributed by atoms with Crippen LogP contribution in [0.2, 0.25) is 5.02 Å². The Hall–Kier alpha value is -3.05. The molecule has 5 nitrogen and oxygen atoms in total. The molecule has 0 spiro atoms. The quantitative estimate of drug-likeness (QED) is 0.580. The molecule has 0 saturated heterocycles. The van der Waals surface area contributed by atoms with Gasteiger partial charge in [-0.25, -0.2) is 0 Å². The first kappa shape index (κ1) is 21.7. The van der Waals surface area contributed by atoms with Crippen molar-refractivity contribution in [3.63, 3.8) is 0 Å². The lowest BCUT2D eigenvalue weighted by atomic mass is 10.0. The zero-order valence-electron chi connectivity index (χ0n) is 17.3. The van der Waals surface area contributed by atoms with Gasteiger partial charge in [0.25, 0.3) is 11.5 Å². The number of carbonyl (C=O) groups excluding carboxylic acids is 1. The van der Waals surface area contributed by atoms with E-state index in [9.17, 15) is 9.59 Å². The SMILES string of the molecule is Cc1cc(OCC(=O)Nc2ccc(Cn3ccccc3=O)cc2)c(C(C)C)cc1Cl. The molecule has 1 heterocycles. The Morgan fingerprint density at radius 2 is 1.87 bits per heavy atom. The summed E-state index contributed by atoms with van der Waals surface area (Å²) in [5, 5.41) is 3.52. The van der Waals surface area contributed by atoms with Gasteiger partial charge in [0.05, 0.1) is 6.54 Å². The fraction of sp³-hybridized carbons (Fsp3) is 0.250. The van der Waals surface area contributed by atoms with E-state index in [1.807, 2.05) is 49.4 Å². The Morgan fingerprint density at radius 3 is 2.53 bits per heavy atom. The van der Waals surface area contributed by atoms with Gasteiger partial charge in [-0.15, -0.1) is 0 Å². The molecule has 0 radical (unpaired) electrons. The maximum Gasteiger partial charge on any atom is 0.262 e. The van der Waals surface area contributed by atoms with E-state index in [1.54, 1.807) is 16.8 Å². The lowest BCUT2D eigenvalue weighted by Crippen LogP contribution is -2.21. The molecule has 2 aromatic carbocycles. The Labute approximate surface area is 181 Å². The number of benzene rings is 2. The van der Waals surface area contributed by atoms with Crippen molar-refractivity contribution >= 4 is 23.2 Å². The number of pyridine rings is 1. The number of nitrogens with zero attached hydrogens (tertiary/aromatic N) is 1. The van der Waals surface area contributed by atoms with E-state index < -0.39 is 0 Å². The number of ether oxygens (including phenoxy) is 1. The molecule has 0 atom stereocenters. The van der Waals surface area contributed by atoms with Gasteiger partial charge < -0.3 is 14.6 Å². The molecule has 30 heavy (non-hydrogen) atoms. The molecule has 3 aromatic rings. The molecule has 0 aliphatic carbocycles. The normalized spacial score (nSPS) is 10.8. The summed E-state index contributed by atoms with van der Waals surface area (Å²) in [6.45, 7) is 6.40. The Kier molecular flexibility index (Phi) is 6.95. The molecule has 1 N–H and O–H groups in total. The van der Waals surface area contributed by atoms with Crippen LogP contribution in [0.4, 0.5) is 5.69 Å². The summed E-state index contributed by atoms with van der Waals surface area (Å²) in [7, 11) is 0. The van der Waals surface area contributed by atoms with E-state index in [4.69, 9.17) is 16.3 Å². The van der Waals surface area contributed by atoms with Crippen molar-refractivity contribution in [1.82, 2.24) is 4.57 Å². The number of aromatic nitrogens is 1. The van der Waals surface area contributed by atoms with Gasteiger partial charge in [-0.1, -0.05) is 43.6 Å². The smallest absolute Gasteiger partial charge is 0.262 e. The van der Waals surface area contributed by atoms with Gasteiger partial charge in [0, 0.05) is 23.0 Å². The third kappa shape index (κ3) is 5.51. The zero-order valence-corrected chi connectivity index (χ0v) is 18.1.